The van der Waals surface area contributed by atoms with E-state index in [4.69, 9.17) is 24.8 Å². The van der Waals surface area contributed by atoms with E-state index in [1.807, 2.05) is 0 Å². The number of carboxylic acid groups (broad SMARTS) is 1. The molecule has 0 aromatic heterocycles. The molecule has 0 aromatic rings. The maximum absolute atomic E-state index is 12.5. The minimum atomic E-state index is -4.70. The van der Waals surface area contributed by atoms with Crippen LogP contribution in [0.2, 0.25) is 0 Å². The minimum absolute atomic E-state index is 0.154. The first kappa shape index (κ1) is 42.2. The van der Waals surface area contributed by atoms with E-state index in [2.05, 4.69) is 30.5 Å². The average Bonchev–Trinajstić information content (AvgIpc) is 2.99. The molecule has 0 aromatic carbocycles. The van der Waals surface area contributed by atoms with Crippen LogP contribution in [0.4, 0.5) is 0 Å². The van der Waals surface area contributed by atoms with Crippen molar-refractivity contribution in [3.63, 3.8) is 0 Å². The third-order valence-electron chi connectivity index (χ3n) is 7.01. The number of phosphoric acid groups is 1. The molecule has 0 heterocycles. The molecule has 0 amide bonds. The summed E-state index contributed by atoms with van der Waals surface area (Å²) in [7, 11) is -4.70. The van der Waals surface area contributed by atoms with Gasteiger partial charge in [0.15, 0.2) is 6.10 Å². The maximum Gasteiger partial charge on any atom is 0.472 e. The Morgan fingerprint density at radius 3 is 1.70 bits per heavy atom. The third kappa shape index (κ3) is 27.7. The van der Waals surface area contributed by atoms with E-state index < -0.39 is 51.1 Å². The number of unbranched alkanes of at least 4 members (excludes halogenated alkanes) is 15. The van der Waals surface area contributed by atoms with Gasteiger partial charge in [0.05, 0.1) is 13.2 Å². The molecular weight excluding hydrogens is 589 g/mol. The second-order valence-corrected chi connectivity index (χ2v) is 12.8. The summed E-state index contributed by atoms with van der Waals surface area (Å²) < 4.78 is 32.3. The number of allylic oxidation sites excluding steroid dienone is 2. The number of carbonyl (C=O) groups is 3. The molecule has 0 saturated heterocycles. The lowest BCUT2D eigenvalue weighted by atomic mass is 10.1. The van der Waals surface area contributed by atoms with E-state index in [1.54, 1.807) is 0 Å². The molecule has 0 aliphatic carbocycles. The summed E-state index contributed by atoms with van der Waals surface area (Å²) in [6, 6.07) is -1.52. The summed E-state index contributed by atoms with van der Waals surface area (Å²) in [5, 5.41) is 8.81. The summed E-state index contributed by atoms with van der Waals surface area (Å²) in [5.74, 6) is -2.40. The first-order valence-corrected chi connectivity index (χ1v) is 18.2. The smallest absolute Gasteiger partial charge is 0.472 e. The lowest BCUT2D eigenvalue weighted by Crippen LogP contribution is -2.34. The van der Waals surface area contributed by atoms with Gasteiger partial charge in [-0.3, -0.25) is 23.4 Å². The number of rotatable bonds is 31. The maximum atomic E-state index is 12.5. The van der Waals surface area contributed by atoms with Crippen LogP contribution in [0.15, 0.2) is 12.2 Å². The molecule has 0 spiro atoms. The first-order chi connectivity index (χ1) is 21.1. The molecule has 0 fully saturated rings. The van der Waals surface area contributed by atoms with Gasteiger partial charge in [-0.05, 0) is 38.5 Å². The van der Waals surface area contributed by atoms with Crippen LogP contribution in [-0.2, 0) is 37.5 Å². The zero-order valence-corrected chi connectivity index (χ0v) is 28.2. The van der Waals surface area contributed by atoms with Crippen molar-refractivity contribution in [1.82, 2.24) is 0 Å². The topological polar surface area (TPSA) is 172 Å². The molecule has 258 valence electrons. The Balaban J connectivity index is 4.52. The van der Waals surface area contributed by atoms with Gasteiger partial charge < -0.3 is 25.2 Å². The van der Waals surface area contributed by atoms with Crippen LogP contribution in [0.25, 0.3) is 0 Å². The summed E-state index contributed by atoms with van der Waals surface area (Å²) in [4.78, 5) is 45.4. The fourth-order valence-corrected chi connectivity index (χ4v) is 5.07. The lowest BCUT2D eigenvalue weighted by Gasteiger charge is -2.20. The van der Waals surface area contributed by atoms with Crippen molar-refractivity contribution in [2.24, 2.45) is 5.73 Å². The van der Waals surface area contributed by atoms with Crippen molar-refractivity contribution in [2.45, 2.75) is 154 Å². The highest BCUT2D eigenvalue weighted by Gasteiger charge is 2.28. The summed E-state index contributed by atoms with van der Waals surface area (Å²) in [5.41, 5.74) is 5.29. The highest BCUT2D eigenvalue weighted by Crippen LogP contribution is 2.43. The van der Waals surface area contributed by atoms with E-state index in [0.29, 0.717) is 12.8 Å². The Kier molecular flexibility index (Phi) is 27.5. The molecule has 3 atom stereocenters. The number of ether oxygens (including phenoxy) is 2. The summed E-state index contributed by atoms with van der Waals surface area (Å²) in [6.07, 6.45) is 23.1. The van der Waals surface area contributed by atoms with Crippen LogP contribution in [-0.4, -0.2) is 59.9 Å². The van der Waals surface area contributed by atoms with Gasteiger partial charge in [-0.1, -0.05) is 103 Å². The SMILES string of the molecule is CCCCC/C=C\CCCCCCCC(=O)OC(COC(=O)CCCCCCCCCC)COP(=O)(O)OCC(N)C(=O)O. The zero-order valence-electron chi connectivity index (χ0n) is 27.3. The molecule has 0 aliphatic rings. The van der Waals surface area contributed by atoms with E-state index in [-0.39, 0.29) is 19.4 Å². The van der Waals surface area contributed by atoms with Crippen molar-refractivity contribution in [1.29, 1.82) is 0 Å². The number of hydrogen-bond donors (Lipinski definition) is 3. The Bertz CT molecular complexity index is 823. The van der Waals surface area contributed by atoms with Crippen LogP contribution in [0, 0.1) is 0 Å². The van der Waals surface area contributed by atoms with Gasteiger partial charge in [0.2, 0.25) is 0 Å². The molecule has 0 aliphatic heterocycles. The molecule has 4 N–H and O–H groups in total. The fraction of sp³-hybridized carbons (Fsp3) is 0.844. The van der Waals surface area contributed by atoms with Crippen molar-refractivity contribution >= 4 is 25.7 Å². The van der Waals surface area contributed by atoms with Gasteiger partial charge in [0, 0.05) is 12.8 Å². The zero-order chi connectivity index (χ0) is 32.9. The summed E-state index contributed by atoms with van der Waals surface area (Å²) >= 11 is 0. The van der Waals surface area contributed by atoms with Crippen LogP contribution in [0.5, 0.6) is 0 Å². The van der Waals surface area contributed by atoms with Crippen LogP contribution < -0.4 is 5.73 Å². The Morgan fingerprint density at radius 1 is 0.682 bits per heavy atom. The van der Waals surface area contributed by atoms with Crippen molar-refractivity contribution in [2.75, 3.05) is 19.8 Å². The van der Waals surface area contributed by atoms with Gasteiger partial charge in [-0.2, -0.15) is 0 Å². The fourth-order valence-electron chi connectivity index (χ4n) is 4.29. The van der Waals surface area contributed by atoms with Crippen LogP contribution in [0.1, 0.15) is 142 Å². The molecule has 11 nitrogen and oxygen atoms in total. The second-order valence-electron chi connectivity index (χ2n) is 11.3. The van der Waals surface area contributed by atoms with Crippen LogP contribution >= 0.6 is 7.82 Å². The van der Waals surface area contributed by atoms with E-state index in [1.165, 1.54) is 44.9 Å². The number of carboxylic acids is 1. The van der Waals surface area contributed by atoms with Gasteiger partial charge in [0.25, 0.3) is 0 Å². The number of esters is 2. The Morgan fingerprint density at radius 2 is 1.14 bits per heavy atom. The Hall–Kier alpha value is -1.78. The number of nitrogens with two attached hydrogens (primary N) is 1. The molecule has 0 saturated carbocycles. The highest BCUT2D eigenvalue weighted by atomic mass is 31.2. The second kappa shape index (κ2) is 28.7. The normalized spacial score (nSPS) is 14.3. The molecule has 3 unspecified atom stereocenters. The number of aliphatic carboxylic acids is 1. The molecule has 0 radical (unpaired) electrons. The molecule has 44 heavy (non-hydrogen) atoms. The minimum Gasteiger partial charge on any atom is -0.480 e. The van der Waals surface area contributed by atoms with E-state index >= 15 is 0 Å². The molecule has 0 rings (SSSR count). The van der Waals surface area contributed by atoms with Crippen molar-refractivity contribution in [3.8, 4) is 0 Å². The van der Waals surface area contributed by atoms with Crippen molar-refractivity contribution in [3.05, 3.63) is 12.2 Å². The van der Waals surface area contributed by atoms with E-state index in [9.17, 15) is 23.8 Å². The lowest BCUT2D eigenvalue weighted by molar-refractivity contribution is -0.161. The van der Waals surface area contributed by atoms with Gasteiger partial charge in [-0.25, -0.2) is 4.57 Å². The summed E-state index contributed by atoms with van der Waals surface area (Å²) in [6.45, 7) is 2.69. The third-order valence-corrected chi connectivity index (χ3v) is 7.96. The highest BCUT2D eigenvalue weighted by molar-refractivity contribution is 7.47. The number of phosphoric ester groups is 1. The van der Waals surface area contributed by atoms with Gasteiger partial charge >= 0.3 is 25.7 Å². The van der Waals surface area contributed by atoms with Crippen LogP contribution in [0.3, 0.4) is 0 Å². The Labute approximate surface area is 265 Å². The molecular formula is C32H60NO10P. The van der Waals surface area contributed by atoms with Gasteiger partial charge in [0.1, 0.15) is 12.6 Å². The largest absolute Gasteiger partial charge is 0.480 e. The van der Waals surface area contributed by atoms with Crippen molar-refractivity contribution < 1.29 is 47.5 Å². The average molecular weight is 650 g/mol. The van der Waals surface area contributed by atoms with Gasteiger partial charge in [-0.15, -0.1) is 0 Å². The van der Waals surface area contributed by atoms with E-state index in [0.717, 1.165) is 57.8 Å². The first-order valence-electron chi connectivity index (χ1n) is 16.7. The number of carbonyl (C=O) groups excluding carboxylic acids is 2. The quantitative estimate of drug-likeness (QED) is 0.0296. The monoisotopic (exact) mass is 649 g/mol. The molecule has 12 heteroatoms. The predicted octanol–water partition coefficient (Wildman–Crippen LogP) is 7.38. The predicted molar refractivity (Wildman–Crippen MR) is 171 cm³/mol. The standard InChI is InChI=1S/C32H60NO10P/c1-3-5-7-9-11-13-14-15-16-18-20-22-24-31(35)43-28(26-41-44(38,39)42-27-29(33)32(36)37)25-40-30(34)23-21-19-17-12-10-8-6-4-2/h11,13,28-29H,3-10,12,14-27,33H2,1-2H3,(H,36,37)(H,38,39)/b13-11-. The molecule has 0 bridgehead atoms. The number of hydrogen-bond acceptors (Lipinski definition) is 9.